The molecule has 13 heteroatoms. The summed E-state index contributed by atoms with van der Waals surface area (Å²) in [7, 11) is 0. The molecule has 1 aromatic heterocycles. The Bertz CT molecular complexity index is 1600. The normalized spacial score (nSPS) is 18.2. The van der Waals surface area contributed by atoms with Crippen molar-refractivity contribution in [2.24, 2.45) is 10.2 Å². The molecule has 0 bridgehead atoms. The topological polar surface area (TPSA) is 102 Å². The number of halogens is 4. The number of alkyl halides is 3. The van der Waals surface area contributed by atoms with Crippen molar-refractivity contribution >= 4 is 34.7 Å². The predicted molar refractivity (Wildman–Crippen MR) is 143 cm³/mol. The number of thiazole rings is 1. The molecule has 8 nitrogen and oxygen atoms in total. The van der Waals surface area contributed by atoms with Crippen molar-refractivity contribution in [3.63, 3.8) is 0 Å². The molecule has 2 aliphatic rings. The number of hydrogen-bond donors (Lipinski definition) is 3. The van der Waals surface area contributed by atoms with Gasteiger partial charge in [-0.05, 0) is 40.6 Å². The van der Waals surface area contributed by atoms with E-state index in [1.165, 1.54) is 16.7 Å². The maximum absolute atomic E-state index is 13.9. The van der Waals surface area contributed by atoms with Crippen molar-refractivity contribution in [3.05, 3.63) is 83.2 Å². The number of aliphatic hydroxyl groups excluding tert-OH is 1. The third-order valence-corrected chi connectivity index (χ3v) is 8.09. The molecule has 1 fully saturated rings. The van der Waals surface area contributed by atoms with Crippen LogP contribution in [0.4, 0.5) is 13.2 Å². The van der Waals surface area contributed by atoms with E-state index in [1.807, 2.05) is 0 Å². The molecule has 0 radical (unpaired) electrons. The summed E-state index contributed by atoms with van der Waals surface area (Å²) < 4.78 is 43.0. The van der Waals surface area contributed by atoms with E-state index in [0.29, 0.717) is 41.3 Å². The van der Waals surface area contributed by atoms with Crippen LogP contribution in [0, 0.1) is 0 Å². The first-order chi connectivity index (χ1) is 18.6. The summed E-state index contributed by atoms with van der Waals surface area (Å²) in [5, 5.41) is 32.8. The minimum Gasteiger partial charge on any atom is -0.493 e. The van der Waals surface area contributed by atoms with E-state index >= 15 is 0 Å². The van der Waals surface area contributed by atoms with E-state index in [2.05, 4.69) is 20.4 Å². The van der Waals surface area contributed by atoms with Crippen LogP contribution in [-0.4, -0.2) is 64.7 Å². The van der Waals surface area contributed by atoms with E-state index in [0.717, 1.165) is 23.9 Å². The smallest absolute Gasteiger partial charge is 0.416 e. The van der Waals surface area contributed by atoms with Gasteiger partial charge in [0.15, 0.2) is 0 Å². The fourth-order valence-electron chi connectivity index (χ4n) is 4.81. The standard InChI is InChI=1S/C26H25ClF3N5O3S/c27-18-3-1-16(21(11-18)26(28,29)30)10-20(15-2-4-22-17(9-15)12-32-33-22)23-24(37)35(25(38)39-23)8-7-34-6-5-31-19(13-34)14-36/h1-4,9,11-12,19,31,36-37H,5-8,10,13-14H2/t19-/m1/s1. The highest BCUT2D eigenvalue weighted by Crippen LogP contribution is 2.37. The second-order valence-electron chi connectivity index (χ2n) is 9.38. The molecule has 2 aliphatic heterocycles. The zero-order valence-electron chi connectivity index (χ0n) is 20.6. The number of fused-ring (bicyclic) bond motifs is 1. The molecule has 3 heterocycles. The highest BCUT2D eigenvalue weighted by Gasteiger charge is 2.34. The Hall–Kier alpha value is -3.03. The van der Waals surface area contributed by atoms with Crippen molar-refractivity contribution in [1.82, 2.24) is 14.8 Å². The van der Waals surface area contributed by atoms with E-state index in [9.17, 15) is 28.2 Å². The van der Waals surface area contributed by atoms with Crippen molar-refractivity contribution in [1.29, 1.82) is 0 Å². The van der Waals surface area contributed by atoms with Gasteiger partial charge in [-0.25, -0.2) is 0 Å². The van der Waals surface area contributed by atoms with Gasteiger partial charge in [0.2, 0.25) is 5.88 Å². The van der Waals surface area contributed by atoms with Crippen LogP contribution < -0.4 is 20.8 Å². The highest BCUT2D eigenvalue weighted by atomic mass is 35.5. The first-order valence-corrected chi connectivity index (χ1v) is 13.4. The Morgan fingerprint density at radius 3 is 2.79 bits per heavy atom. The van der Waals surface area contributed by atoms with Crippen LogP contribution in [0.3, 0.4) is 0 Å². The van der Waals surface area contributed by atoms with Gasteiger partial charge in [0.05, 0.1) is 28.6 Å². The average Bonchev–Trinajstić information content (AvgIpc) is 3.49. The molecule has 2 aromatic carbocycles. The molecule has 0 amide bonds. The molecule has 5 rings (SSSR count). The van der Waals surface area contributed by atoms with Gasteiger partial charge < -0.3 is 15.5 Å². The summed E-state index contributed by atoms with van der Waals surface area (Å²) in [5.41, 5.74) is 0.129. The number of aliphatic hydroxyl groups is 1. The number of aromatic hydroxyl groups is 1. The Balaban J connectivity index is 1.57. The minimum atomic E-state index is -4.65. The Morgan fingerprint density at radius 1 is 1.21 bits per heavy atom. The zero-order chi connectivity index (χ0) is 27.7. The number of piperazine rings is 1. The Morgan fingerprint density at radius 2 is 2.03 bits per heavy atom. The second kappa shape index (κ2) is 11.2. The first kappa shape index (κ1) is 27.5. The molecular weight excluding hydrogens is 555 g/mol. The third-order valence-electron chi connectivity index (χ3n) is 6.83. The molecular formula is C26H25ClF3N5O3S. The number of aromatic nitrogens is 1. The van der Waals surface area contributed by atoms with Crippen LogP contribution in [0.5, 0.6) is 5.88 Å². The molecule has 0 spiro atoms. The first-order valence-electron chi connectivity index (χ1n) is 12.2. The highest BCUT2D eigenvalue weighted by molar-refractivity contribution is 7.10. The Labute approximate surface area is 230 Å². The van der Waals surface area contributed by atoms with Crippen LogP contribution in [0.2, 0.25) is 5.02 Å². The maximum Gasteiger partial charge on any atom is 0.416 e. The fraction of sp³-hybridized carbons (Fsp3) is 0.346. The number of hydrogen-bond acceptors (Lipinski definition) is 8. The summed E-state index contributed by atoms with van der Waals surface area (Å²) in [6.45, 7) is 2.65. The summed E-state index contributed by atoms with van der Waals surface area (Å²) in [6, 6.07) is 8.63. The summed E-state index contributed by atoms with van der Waals surface area (Å²) in [4.78, 5) is 14.9. The van der Waals surface area contributed by atoms with Crippen LogP contribution in [-0.2, 0) is 19.1 Å². The van der Waals surface area contributed by atoms with Crippen LogP contribution in [0.1, 0.15) is 21.6 Å². The lowest BCUT2D eigenvalue weighted by Crippen LogP contribution is -2.52. The molecule has 3 N–H and O–H groups in total. The lowest BCUT2D eigenvalue weighted by atomic mass is 9.96. The van der Waals surface area contributed by atoms with Crippen LogP contribution >= 0.6 is 22.9 Å². The molecule has 0 unspecified atom stereocenters. The van der Waals surface area contributed by atoms with Crippen molar-refractivity contribution in [3.8, 4) is 5.88 Å². The van der Waals surface area contributed by atoms with Crippen LogP contribution in [0.15, 0.2) is 51.4 Å². The van der Waals surface area contributed by atoms with E-state index < -0.39 is 16.6 Å². The van der Waals surface area contributed by atoms with Crippen molar-refractivity contribution in [2.45, 2.75) is 25.2 Å². The largest absolute Gasteiger partial charge is 0.493 e. The molecule has 206 valence electrons. The summed E-state index contributed by atoms with van der Waals surface area (Å²) >= 11 is 6.68. The second-order valence-corrected chi connectivity index (χ2v) is 10.8. The number of nitrogens with zero attached hydrogens (tertiary/aromatic N) is 4. The predicted octanol–water partition coefficient (Wildman–Crippen LogP) is 1.96. The van der Waals surface area contributed by atoms with E-state index in [4.69, 9.17) is 11.6 Å². The van der Waals surface area contributed by atoms with Gasteiger partial charge in [-0.2, -0.15) is 23.4 Å². The monoisotopic (exact) mass is 579 g/mol. The molecule has 3 aromatic rings. The van der Waals surface area contributed by atoms with E-state index in [1.54, 1.807) is 24.4 Å². The number of rotatable bonds is 7. The van der Waals surface area contributed by atoms with Gasteiger partial charge in [-0.15, -0.1) is 0 Å². The van der Waals surface area contributed by atoms with Gasteiger partial charge in [0.25, 0.3) is 0 Å². The maximum atomic E-state index is 13.9. The molecule has 0 aliphatic carbocycles. The minimum absolute atomic E-state index is 0.00794. The lowest BCUT2D eigenvalue weighted by Gasteiger charge is -2.32. The Kier molecular flexibility index (Phi) is 7.92. The lowest BCUT2D eigenvalue weighted by molar-refractivity contribution is -0.138. The van der Waals surface area contributed by atoms with Gasteiger partial charge in [0, 0.05) is 55.8 Å². The summed E-state index contributed by atoms with van der Waals surface area (Å²) in [6.07, 6.45) is -3.31. The zero-order valence-corrected chi connectivity index (χ0v) is 22.2. The number of benzene rings is 2. The third kappa shape index (κ3) is 5.94. The molecule has 1 saturated heterocycles. The number of nitrogens with one attached hydrogen (secondary N) is 1. The van der Waals surface area contributed by atoms with Crippen LogP contribution in [0.25, 0.3) is 5.57 Å². The average molecular weight is 580 g/mol. The summed E-state index contributed by atoms with van der Waals surface area (Å²) in [5.74, 6) is -0.296. The van der Waals surface area contributed by atoms with Crippen molar-refractivity contribution in [2.75, 3.05) is 32.8 Å². The van der Waals surface area contributed by atoms with Gasteiger partial charge >= 0.3 is 11.0 Å². The molecule has 0 saturated carbocycles. The molecule has 39 heavy (non-hydrogen) atoms. The van der Waals surface area contributed by atoms with Gasteiger partial charge in [-0.1, -0.05) is 35.1 Å². The van der Waals surface area contributed by atoms with Crippen molar-refractivity contribution < 1.29 is 23.4 Å². The SMILES string of the molecule is O=c1sc(C(Cc2ccc(Cl)cc2C(F)(F)F)=c2ccc3c(c2)C=NN=3)c(O)n1CCN1CCN[C@@H](CO)C1. The van der Waals surface area contributed by atoms with Gasteiger partial charge in [-0.3, -0.25) is 14.3 Å². The fourth-order valence-corrected chi connectivity index (χ4v) is 5.96. The van der Waals surface area contributed by atoms with E-state index in [-0.39, 0.29) is 47.0 Å². The quantitative estimate of drug-likeness (QED) is 0.397. The van der Waals surface area contributed by atoms with Gasteiger partial charge in [0.1, 0.15) is 0 Å². The molecule has 1 atom stereocenters.